The number of nitrogens with zero attached hydrogens (tertiary/aromatic N) is 2. The van der Waals surface area contributed by atoms with E-state index in [2.05, 4.69) is 10.2 Å². The van der Waals surface area contributed by atoms with Gasteiger partial charge in [-0.1, -0.05) is 13.8 Å². The zero-order chi connectivity index (χ0) is 14.2. The van der Waals surface area contributed by atoms with Crippen molar-refractivity contribution >= 4 is 10.0 Å². The fourth-order valence-corrected chi connectivity index (χ4v) is 4.37. The van der Waals surface area contributed by atoms with Crippen LogP contribution in [0.15, 0.2) is 4.90 Å². The number of rotatable bonds is 6. The number of H-pyrrole nitrogens is 1. The van der Waals surface area contributed by atoms with Crippen LogP contribution < -0.4 is 0 Å². The Kier molecular flexibility index (Phi) is 3.98. The van der Waals surface area contributed by atoms with Gasteiger partial charge in [-0.15, -0.1) is 0 Å². The molecule has 7 heteroatoms. The number of aliphatic hydroxyl groups is 1. The van der Waals surface area contributed by atoms with Crippen LogP contribution in [0.1, 0.15) is 38.1 Å². The number of nitrogens with one attached hydrogen (secondary N) is 1. The Labute approximate surface area is 113 Å². The van der Waals surface area contributed by atoms with Gasteiger partial charge in [-0.2, -0.15) is 9.40 Å². The van der Waals surface area contributed by atoms with Gasteiger partial charge in [-0.3, -0.25) is 5.10 Å². The molecule has 19 heavy (non-hydrogen) atoms. The summed E-state index contributed by atoms with van der Waals surface area (Å²) < 4.78 is 27.1. The second kappa shape index (κ2) is 5.22. The summed E-state index contributed by atoms with van der Waals surface area (Å²) in [6.45, 7) is 5.79. The average molecular weight is 287 g/mol. The quantitative estimate of drug-likeness (QED) is 0.818. The number of aliphatic hydroxyl groups excluding tert-OH is 1. The lowest BCUT2D eigenvalue weighted by Crippen LogP contribution is -2.36. The lowest BCUT2D eigenvalue weighted by atomic mass is 10.2. The van der Waals surface area contributed by atoms with Gasteiger partial charge in [0, 0.05) is 12.6 Å². The van der Waals surface area contributed by atoms with E-state index in [1.54, 1.807) is 11.2 Å². The molecule has 0 atom stereocenters. The zero-order valence-corrected chi connectivity index (χ0v) is 12.4. The molecular formula is C12H21N3O3S. The number of hydrogen-bond donors (Lipinski definition) is 2. The van der Waals surface area contributed by atoms with E-state index in [-0.39, 0.29) is 29.2 Å². The number of aromatic amines is 1. The number of aryl methyl sites for hydroxylation is 1. The predicted octanol–water partition coefficient (Wildman–Crippen LogP) is 1.02. The Bertz CT molecular complexity index is 547. The Morgan fingerprint density at radius 2 is 2.11 bits per heavy atom. The molecular weight excluding hydrogens is 266 g/mol. The van der Waals surface area contributed by atoms with Crippen LogP contribution in [-0.2, 0) is 16.6 Å². The van der Waals surface area contributed by atoms with Gasteiger partial charge in [0.25, 0.3) is 0 Å². The Hall–Kier alpha value is -0.920. The Morgan fingerprint density at radius 1 is 1.47 bits per heavy atom. The summed E-state index contributed by atoms with van der Waals surface area (Å²) in [5.41, 5.74) is 0.686. The van der Waals surface area contributed by atoms with Crippen LogP contribution in [0.3, 0.4) is 0 Å². The molecule has 0 saturated heterocycles. The highest BCUT2D eigenvalue weighted by Crippen LogP contribution is 2.34. The lowest BCUT2D eigenvalue weighted by molar-refractivity contribution is 0.272. The first kappa shape index (κ1) is 14.5. The zero-order valence-electron chi connectivity index (χ0n) is 11.5. The van der Waals surface area contributed by atoms with Gasteiger partial charge in [0.1, 0.15) is 10.6 Å². The second-order valence-corrected chi connectivity index (χ2v) is 7.31. The van der Waals surface area contributed by atoms with Crippen molar-refractivity contribution in [2.24, 2.45) is 5.92 Å². The number of aromatic nitrogens is 2. The van der Waals surface area contributed by atoms with Crippen LogP contribution in [0.25, 0.3) is 0 Å². The van der Waals surface area contributed by atoms with Crippen molar-refractivity contribution < 1.29 is 13.5 Å². The summed E-state index contributed by atoms with van der Waals surface area (Å²) in [5, 5.41) is 15.8. The summed E-state index contributed by atoms with van der Waals surface area (Å²) in [6.07, 6.45) is 1.83. The molecule has 1 aliphatic carbocycles. The normalized spacial score (nSPS) is 16.5. The van der Waals surface area contributed by atoms with Crippen molar-refractivity contribution in [2.75, 3.05) is 6.54 Å². The first-order chi connectivity index (χ1) is 8.87. The fourth-order valence-electron chi connectivity index (χ4n) is 2.20. The van der Waals surface area contributed by atoms with E-state index >= 15 is 0 Å². The minimum absolute atomic E-state index is 0.105. The lowest BCUT2D eigenvalue weighted by Gasteiger charge is -2.23. The van der Waals surface area contributed by atoms with Crippen molar-refractivity contribution in [3.63, 3.8) is 0 Å². The largest absolute Gasteiger partial charge is 0.390 e. The molecule has 0 unspecified atom stereocenters. The molecule has 0 amide bonds. The molecule has 1 aromatic heterocycles. The third kappa shape index (κ3) is 2.82. The maximum absolute atomic E-state index is 12.8. The van der Waals surface area contributed by atoms with E-state index in [1.165, 1.54) is 0 Å². The summed E-state index contributed by atoms with van der Waals surface area (Å²) in [6, 6.07) is 0.105. The highest BCUT2D eigenvalue weighted by atomic mass is 32.2. The fraction of sp³-hybridized carbons (Fsp3) is 0.750. The Balaban J connectivity index is 2.41. The summed E-state index contributed by atoms with van der Waals surface area (Å²) in [7, 11) is -3.58. The van der Waals surface area contributed by atoms with E-state index in [0.717, 1.165) is 12.8 Å². The first-order valence-electron chi connectivity index (χ1n) is 6.54. The van der Waals surface area contributed by atoms with Gasteiger partial charge < -0.3 is 5.11 Å². The van der Waals surface area contributed by atoms with Crippen molar-refractivity contribution in [3.05, 3.63) is 11.4 Å². The molecule has 0 spiro atoms. The molecule has 1 aromatic rings. The summed E-state index contributed by atoms with van der Waals surface area (Å²) >= 11 is 0. The number of hydrogen-bond acceptors (Lipinski definition) is 4. The van der Waals surface area contributed by atoms with Crippen LogP contribution in [0, 0.1) is 12.8 Å². The van der Waals surface area contributed by atoms with E-state index < -0.39 is 10.0 Å². The molecule has 0 bridgehead atoms. The van der Waals surface area contributed by atoms with Gasteiger partial charge in [-0.05, 0) is 25.7 Å². The molecule has 2 N–H and O–H groups in total. The molecule has 108 valence electrons. The maximum atomic E-state index is 12.8. The van der Waals surface area contributed by atoms with Crippen LogP contribution in [0.2, 0.25) is 0 Å². The molecule has 6 nitrogen and oxygen atoms in total. The molecule has 0 aromatic carbocycles. The molecule has 0 radical (unpaired) electrons. The predicted molar refractivity (Wildman–Crippen MR) is 71.0 cm³/mol. The minimum Gasteiger partial charge on any atom is -0.390 e. The van der Waals surface area contributed by atoms with Crippen LogP contribution in [0.5, 0.6) is 0 Å². The monoisotopic (exact) mass is 287 g/mol. The Morgan fingerprint density at radius 3 is 2.58 bits per heavy atom. The maximum Gasteiger partial charge on any atom is 0.247 e. The smallest absolute Gasteiger partial charge is 0.247 e. The summed E-state index contributed by atoms with van der Waals surface area (Å²) in [4.78, 5) is 0.141. The van der Waals surface area contributed by atoms with Crippen LogP contribution >= 0.6 is 0 Å². The molecule has 1 saturated carbocycles. The van der Waals surface area contributed by atoms with E-state index in [9.17, 15) is 13.5 Å². The third-order valence-corrected chi connectivity index (χ3v) is 5.30. The van der Waals surface area contributed by atoms with Crippen molar-refractivity contribution in [3.8, 4) is 0 Å². The molecule has 1 aliphatic rings. The SMILES string of the molecule is Cc1[nH]nc(CO)c1S(=O)(=O)N(CC(C)C)C1CC1. The minimum atomic E-state index is -3.58. The van der Waals surface area contributed by atoms with E-state index in [0.29, 0.717) is 12.2 Å². The van der Waals surface area contributed by atoms with Gasteiger partial charge in [0.05, 0.1) is 12.3 Å². The van der Waals surface area contributed by atoms with Crippen molar-refractivity contribution in [1.29, 1.82) is 0 Å². The highest BCUT2D eigenvalue weighted by molar-refractivity contribution is 7.89. The van der Waals surface area contributed by atoms with Crippen molar-refractivity contribution in [2.45, 2.75) is 51.2 Å². The van der Waals surface area contributed by atoms with Gasteiger partial charge >= 0.3 is 0 Å². The molecule has 0 aliphatic heterocycles. The molecule has 2 rings (SSSR count). The van der Waals surface area contributed by atoms with Crippen LogP contribution in [-0.4, -0.2) is 40.6 Å². The van der Waals surface area contributed by atoms with Crippen molar-refractivity contribution in [1.82, 2.24) is 14.5 Å². The average Bonchev–Trinajstić information content (AvgIpc) is 3.08. The van der Waals surface area contributed by atoms with E-state index in [4.69, 9.17) is 0 Å². The summed E-state index contributed by atoms with van der Waals surface area (Å²) in [5.74, 6) is 0.264. The van der Waals surface area contributed by atoms with Gasteiger partial charge in [0.15, 0.2) is 0 Å². The number of sulfonamides is 1. The van der Waals surface area contributed by atoms with Gasteiger partial charge in [-0.25, -0.2) is 8.42 Å². The second-order valence-electron chi connectivity index (χ2n) is 5.48. The standard InChI is InChI=1S/C12H21N3O3S/c1-8(2)6-15(10-4-5-10)19(17,18)12-9(3)13-14-11(12)7-16/h8,10,16H,4-7H2,1-3H3,(H,13,14). The molecule has 1 heterocycles. The van der Waals surface area contributed by atoms with Crippen LogP contribution in [0.4, 0.5) is 0 Å². The van der Waals surface area contributed by atoms with E-state index in [1.807, 2.05) is 13.8 Å². The topological polar surface area (TPSA) is 86.3 Å². The first-order valence-corrected chi connectivity index (χ1v) is 7.98. The highest BCUT2D eigenvalue weighted by Gasteiger charge is 2.40. The van der Waals surface area contributed by atoms with Gasteiger partial charge in [0.2, 0.25) is 10.0 Å². The molecule has 1 fully saturated rings. The third-order valence-electron chi connectivity index (χ3n) is 3.18.